The van der Waals surface area contributed by atoms with E-state index < -0.39 is 4.92 Å². The monoisotopic (exact) mass is 218 g/mol. The highest BCUT2D eigenvalue weighted by atomic mass is 16.6. The first kappa shape index (κ1) is 10.2. The van der Waals surface area contributed by atoms with Crippen LogP contribution in [0.1, 0.15) is 5.69 Å². The van der Waals surface area contributed by atoms with Gasteiger partial charge in [0, 0.05) is 11.8 Å². The van der Waals surface area contributed by atoms with Crippen LogP contribution in [0.3, 0.4) is 0 Å². The molecule has 2 rings (SSSR count). The van der Waals surface area contributed by atoms with Gasteiger partial charge in [-0.3, -0.25) is 15.8 Å². The van der Waals surface area contributed by atoms with Gasteiger partial charge >= 0.3 is 0 Å². The van der Waals surface area contributed by atoms with Gasteiger partial charge < -0.3 is 5.11 Å². The van der Waals surface area contributed by atoms with Gasteiger partial charge in [-0.25, -0.2) is 4.98 Å². The Hall–Kier alpha value is -2.37. The number of nitro groups is 1. The summed E-state index contributed by atoms with van der Waals surface area (Å²) in [4.78, 5) is 14.2. The Kier molecular flexibility index (Phi) is 2.12. The molecule has 1 radical (unpaired) electrons. The lowest BCUT2D eigenvalue weighted by Crippen LogP contribution is -1.93. The average molecular weight is 218 g/mol. The molecule has 1 aromatic heterocycles. The molecule has 0 aliphatic heterocycles. The zero-order valence-electron chi connectivity index (χ0n) is 8.39. The molecule has 0 saturated carbocycles. The minimum absolute atomic E-state index is 0.00917. The first-order valence-electron chi connectivity index (χ1n) is 4.50. The van der Waals surface area contributed by atoms with Gasteiger partial charge in [-0.15, -0.1) is 0 Å². The molecule has 2 N–H and O–H groups in total. The van der Waals surface area contributed by atoms with Crippen molar-refractivity contribution in [2.24, 2.45) is 0 Å². The number of non-ortho nitro benzene ring substituents is 1. The minimum atomic E-state index is -0.586. The van der Waals surface area contributed by atoms with E-state index >= 15 is 0 Å². The number of nitrogens with zero attached hydrogens (tertiary/aromatic N) is 2. The number of rotatable bonds is 1. The van der Waals surface area contributed by atoms with Crippen LogP contribution in [0, 0.1) is 17.0 Å². The second-order valence-electron chi connectivity index (χ2n) is 3.40. The summed E-state index contributed by atoms with van der Waals surface area (Å²) in [5.74, 6) is -0.155. The number of nitro benzene ring substituents is 1. The summed E-state index contributed by atoms with van der Waals surface area (Å²) in [6, 6.07) is 3.81. The fourth-order valence-corrected chi connectivity index (χ4v) is 1.59. The topological polar surface area (TPSA) is 100 Å². The highest BCUT2D eigenvalue weighted by molar-refractivity contribution is 6.00. The van der Waals surface area contributed by atoms with E-state index in [1.54, 1.807) is 6.92 Å². The molecule has 0 unspecified atom stereocenters. The summed E-state index contributed by atoms with van der Waals surface area (Å²) in [5, 5.41) is 20.4. The highest BCUT2D eigenvalue weighted by Crippen LogP contribution is 2.35. The number of fused-ring (bicyclic) bond motifs is 1. The lowest BCUT2D eigenvalue weighted by atomic mass is 10.1. The number of hydrogen-bond acceptors (Lipinski definition) is 4. The summed E-state index contributed by atoms with van der Waals surface area (Å²) in [6.07, 6.45) is 0. The smallest absolute Gasteiger partial charge is 0.281 e. The van der Waals surface area contributed by atoms with Crippen LogP contribution in [0.4, 0.5) is 11.4 Å². The summed E-state index contributed by atoms with van der Waals surface area (Å²) < 4.78 is 0. The highest BCUT2D eigenvalue weighted by Gasteiger charge is 2.18. The summed E-state index contributed by atoms with van der Waals surface area (Å²) in [7, 11) is 0. The fraction of sp³-hybridized carbons (Fsp3) is 0.100. The maximum Gasteiger partial charge on any atom is 0.281 e. The minimum Gasteiger partial charge on any atom is -0.506 e. The third kappa shape index (κ3) is 1.40. The largest absolute Gasteiger partial charge is 0.506 e. The Labute approximate surface area is 90.5 Å². The van der Waals surface area contributed by atoms with Crippen LogP contribution in [0.25, 0.3) is 10.9 Å². The van der Waals surface area contributed by atoms with Crippen molar-refractivity contribution in [2.75, 3.05) is 0 Å². The lowest BCUT2D eigenvalue weighted by molar-refractivity contribution is -0.383. The van der Waals surface area contributed by atoms with Crippen molar-refractivity contribution >= 4 is 22.3 Å². The van der Waals surface area contributed by atoms with E-state index in [0.717, 1.165) is 0 Å². The van der Waals surface area contributed by atoms with Crippen molar-refractivity contribution in [1.82, 2.24) is 10.7 Å². The van der Waals surface area contributed by atoms with Crippen LogP contribution >= 0.6 is 0 Å². The zero-order chi connectivity index (χ0) is 11.9. The number of phenolic OH excluding ortho intramolecular Hbond substituents is 1. The Balaban J connectivity index is 2.98. The third-order valence-corrected chi connectivity index (χ3v) is 2.24. The number of hydrogen-bond donors (Lipinski definition) is 1. The van der Waals surface area contributed by atoms with Crippen LogP contribution in [-0.2, 0) is 0 Å². The quantitative estimate of drug-likeness (QED) is 0.584. The SMILES string of the molecule is Cc1cc([NH])c2c([N+](=O)[O-])ccc(O)c2n1. The van der Waals surface area contributed by atoms with Gasteiger partial charge in [-0.2, -0.15) is 0 Å². The van der Waals surface area contributed by atoms with Gasteiger partial charge in [-0.1, -0.05) is 0 Å². The molecule has 0 amide bonds. The molecular weight excluding hydrogens is 210 g/mol. The Morgan fingerprint density at radius 2 is 2.19 bits per heavy atom. The van der Waals surface area contributed by atoms with Crippen LogP contribution < -0.4 is 5.73 Å². The molecule has 0 bridgehead atoms. The second-order valence-corrected chi connectivity index (χ2v) is 3.40. The normalized spacial score (nSPS) is 10.6. The van der Waals surface area contributed by atoms with Crippen molar-refractivity contribution in [1.29, 1.82) is 0 Å². The molecule has 0 fully saturated rings. The average Bonchev–Trinajstić information content (AvgIpc) is 2.19. The number of aromatic nitrogens is 1. The standard InChI is InChI=1S/C10H8N3O3/c1-5-4-6(11)9-7(13(15)16)2-3-8(14)10(9)12-5/h2-4,11,14H,1H3. The molecule has 0 spiro atoms. The lowest BCUT2D eigenvalue weighted by Gasteiger charge is -2.04. The Morgan fingerprint density at radius 3 is 2.81 bits per heavy atom. The summed E-state index contributed by atoms with van der Waals surface area (Å²) >= 11 is 0. The van der Waals surface area contributed by atoms with Gasteiger partial charge in [0.2, 0.25) is 0 Å². The predicted molar refractivity (Wildman–Crippen MR) is 57.6 cm³/mol. The van der Waals surface area contributed by atoms with Crippen molar-refractivity contribution in [2.45, 2.75) is 6.92 Å². The molecule has 0 aliphatic rings. The Morgan fingerprint density at radius 1 is 1.50 bits per heavy atom. The van der Waals surface area contributed by atoms with Crippen molar-refractivity contribution < 1.29 is 10.0 Å². The molecule has 6 heteroatoms. The molecule has 1 heterocycles. The molecule has 2 aromatic rings. The van der Waals surface area contributed by atoms with E-state index in [4.69, 9.17) is 5.73 Å². The molecule has 81 valence electrons. The van der Waals surface area contributed by atoms with Crippen LogP contribution in [-0.4, -0.2) is 15.0 Å². The van der Waals surface area contributed by atoms with E-state index in [-0.39, 0.29) is 28.0 Å². The van der Waals surface area contributed by atoms with Crippen molar-refractivity contribution in [3.05, 3.63) is 34.0 Å². The van der Waals surface area contributed by atoms with Gasteiger partial charge in [0.05, 0.1) is 10.6 Å². The van der Waals surface area contributed by atoms with E-state index in [1.165, 1.54) is 18.2 Å². The maximum absolute atomic E-state index is 10.8. The van der Waals surface area contributed by atoms with E-state index in [2.05, 4.69) is 4.98 Å². The molecule has 1 aromatic carbocycles. The number of aryl methyl sites for hydroxylation is 1. The first-order chi connectivity index (χ1) is 7.50. The molecule has 0 saturated heterocycles. The Bertz CT molecular complexity index is 595. The summed E-state index contributed by atoms with van der Waals surface area (Å²) in [6.45, 7) is 1.66. The van der Waals surface area contributed by atoms with Crippen molar-refractivity contribution in [3.63, 3.8) is 0 Å². The predicted octanol–water partition coefficient (Wildman–Crippen LogP) is 2.07. The fourth-order valence-electron chi connectivity index (χ4n) is 1.59. The number of nitrogens with one attached hydrogen (secondary N) is 1. The van der Waals surface area contributed by atoms with E-state index in [9.17, 15) is 15.2 Å². The number of aromatic hydroxyl groups is 1. The molecule has 0 aliphatic carbocycles. The van der Waals surface area contributed by atoms with Gasteiger partial charge in [0.15, 0.2) is 0 Å². The first-order valence-corrected chi connectivity index (χ1v) is 4.50. The van der Waals surface area contributed by atoms with E-state index in [0.29, 0.717) is 5.69 Å². The van der Waals surface area contributed by atoms with Crippen LogP contribution in [0.5, 0.6) is 5.75 Å². The maximum atomic E-state index is 10.8. The number of pyridine rings is 1. The van der Waals surface area contributed by atoms with E-state index in [1.807, 2.05) is 0 Å². The number of benzene rings is 1. The summed E-state index contributed by atoms with van der Waals surface area (Å²) in [5.41, 5.74) is 8.09. The van der Waals surface area contributed by atoms with Crippen molar-refractivity contribution in [3.8, 4) is 5.75 Å². The van der Waals surface area contributed by atoms with Gasteiger partial charge in [0.25, 0.3) is 5.69 Å². The zero-order valence-corrected chi connectivity index (χ0v) is 8.39. The number of phenols is 1. The molecule has 6 nitrogen and oxygen atoms in total. The third-order valence-electron chi connectivity index (χ3n) is 2.24. The molecule has 0 atom stereocenters. The van der Waals surface area contributed by atoms with Gasteiger partial charge in [-0.05, 0) is 19.1 Å². The molecular formula is C10H8N3O3. The van der Waals surface area contributed by atoms with Crippen LogP contribution in [0.2, 0.25) is 0 Å². The second kappa shape index (κ2) is 3.34. The molecule has 16 heavy (non-hydrogen) atoms. The van der Waals surface area contributed by atoms with Crippen LogP contribution in [0.15, 0.2) is 18.2 Å². The van der Waals surface area contributed by atoms with Gasteiger partial charge in [0.1, 0.15) is 16.7 Å².